The molecule has 0 amide bonds. The Morgan fingerprint density at radius 2 is 2.12 bits per heavy atom. The number of hydrogen-bond acceptors (Lipinski definition) is 5. The van der Waals surface area contributed by atoms with Crippen molar-refractivity contribution in [3.05, 3.63) is 29.0 Å². The first-order valence-electron chi connectivity index (χ1n) is 5.03. The Balaban J connectivity index is 2.85. The van der Waals surface area contributed by atoms with Crippen LogP contribution in [-0.2, 0) is 0 Å². The van der Waals surface area contributed by atoms with Crippen molar-refractivity contribution in [3.8, 4) is 6.07 Å². The molecule has 0 aliphatic heterocycles. The maximum absolute atomic E-state index is 9.03. The molecule has 5 nitrogen and oxygen atoms in total. The highest BCUT2D eigenvalue weighted by Crippen LogP contribution is 2.16. The Morgan fingerprint density at radius 1 is 1.38 bits per heavy atom. The fourth-order valence-corrected chi connectivity index (χ4v) is 1.20. The van der Waals surface area contributed by atoms with Gasteiger partial charge in [-0.1, -0.05) is 12.2 Å². The van der Waals surface area contributed by atoms with Crippen molar-refractivity contribution in [3.63, 3.8) is 0 Å². The fourth-order valence-electron chi connectivity index (χ4n) is 1.20. The van der Waals surface area contributed by atoms with Crippen molar-refractivity contribution in [2.75, 3.05) is 18.4 Å². The zero-order chi connectivity index (χ0) is 12.0. The van der Waals surface area contributed by atoms with E-state index in [1.807, 2.05) is 26.0 Å². The molecule has 0 saturated heterocycles. The largest absolute Gasteiger partial charge is 0.364 e. The molecule has 0 spiro atoms. The first-order valence-corrected chi connectivity index (χ1v) is 5.03. The summed E-state index contributed by atoms with van der Waals surface area (Å²) in [5.41, 5.74) is 7.50. The van der Waals surface area contributed by atoms with Gasteiger partial charge in [0.2, 0.25) is 0 Å². The molecule has 0 bridgehead atoms. The summed E-state index contributed by atoms with van der Waals surface area (Å²) in [6, 6.07) is 2.13. The summed E-state index contributed by atoms with van der Waals surface area (Å²) in [5.74, 6) is 0.521. The second-order valence-electron chi connectivity index (χ2n) is 3.33. The number of nitrogens with two attached hydrogens (primary N) is 1. The van der Waals surface area contributed by atoms with Crippen molar-refractivity contribution >= 4 is 5.82 Å². The highest BCUT2D eigenvalue weighted by molar-refractivity contribution is 5.55. The number of nitrogens with one attached hydrogen (secondary N) is 1. The van der Waals surface area contributed by atoms with E-state index >= 15 is 0 Å². The molecule has 0 saturated carbocycles. The zero-order valence-electron chi connectivity index (χ0n) is 9.49. The molecule has 0 aromatic carbocycles. The summed E-state index contributed by atoms with van der Waals surface area (Å²) >= 11 is 0. The minimum atomic E-state index is 0.505. The van der Waals surface area contributed by atoms with E-state index in [1.165, 1.54) is 0 Å². The molecule has 1 aromatic heterocycles. The van der Waals surface area contributed by atoms with Gasteiger partial charge in [0, 0.05) is 13.1 Å². The topological polar surface area (TPSA) is 87.6 Å². The van der Waals surface area contributed by atoms with Crippen LogP contribution < -0.4 is 11.1 Å². The Morgan fingerprint density at radius 3 is 2.75 bits per heavy atom. The molecule has 0 unspecified atom stereocenters. The molecule has 0 fully saturated rings. The molecule has 16 heavy (non-hydrogen) atoms. The number of rotatable bonds is 4. The van der Waals surface area contributed by atoms with E-state index in [2.05, 4.69) is 21.6 Å². The normalized spacial score (nSPS) is 10.4. The summed E-state index contributed by atoms with van der Waals surface area (Å²) in [6.07, 6.45) is 3.73. The van der Waals surface area contributed by atoms with Crippen LogP contribution in [0.2, 0.25) is 0 Å². The van der Waals surface area contributed by atoms with Gasteiger partial charge in [-0.15, -0.1) is 5.10 Å². The zero-order valence-corrected chi connectivity index (χ0v) is 9.49. The van der Waals surface area contributed by atoms with Crippen LogP contribution in [0.3, 0.4) is 0 Å². The SMILES string of the molecule is Cc1nnc(NC/C=C/CN)c(C#N)c1C. The van der Waals surface area contributed by atoms with Crippen LogP contribution >= 0.6 is 0 Å². The van der Waals surface area contributed by atoms with Crippen LogP contribution in [0.1, 0.15) is 16.8 Å². The van der Waals surface area contributed by atoms with Crippen molar-refractivity contribution in [1.29, 1.82) is 5.26 Å². The average Bonchev–Trinajstić information content (AvgIpc) is 2.29. The molecular weight excluding hydrogens is 202 g/mol. The summed E-state index contributed by atoms with van der Waals surface area (Å²) in [4.78, 5) is 0. The van der Waals surface area contributed by atoms with Gasteiger partial charge >= 0.3 is 0 Å². The summed E-state index contributed by atoms with van der Waals surface area (Å²) < 4.78 is 0. The van der Waals surface area contributed by atoms with E-state index in [0.717, 1.165) is 11.3 Å². The summed E-state index contributed by atoms with van der Waals surface area (Å²) in [7, 11) is 0. The molecule has 0 aliphatic rings. The molecule has 0 aliphatic carbocycles. The van der Waals surface area contributed by atoms with E-state index in [0.29, 0.717) is 24.5 Å². The predicted octanol–water partition coefficient (Wildman–Crippen LogP) is 0.892. The third-order valence-corrected chi connectivity index (χ3v) is 2.26. The van der Waals surface area contributed by atoms with Crippen LogP contribution in [-0.4, -0.2) is 23.3 Å². The quantitative estimate of drug-likeness (QED) is 0.731. The predicted molar refractivity (Wildman–Crippen MR) is 62.9 cm³/mol. The lowest BCUT2D eigenvalue weighted by Gasteiger charge is -2.07. The Bertz CT molecular complexity index is 431. The number of nitrogens with zero attached hydrogens (tertiary/aromatic N) is 3. The van der Waals surface area contributed by atoms with Gasteiger partial charge in [-0.2, -0.15) is 10.4 Å². The van der Waals surface area contributed by atoms with Gasteiger partial charge < -0.3 is 11.1 Å². The van der Waals surface area contributed by atoms with Crippen molar-refractivity contribution < 1.29 is 0 Å². The Labute approximate surface area is 95.0 Å². The first-order chi connectivity index (χ1) is 7.70. The van der Waals surface area contributed by atoms with Crippen molar-refractivity contribution in [1.82, 2.24) is 10.2 Å². The second kappa shape index (κ2) is 5.83. The van der Waals surface area contributed by atoms with Crippen LogP contribution in [0, 0.1) is 25.2 Å². The lowest BCUT2D eigenvalue weighted by atomic mass is 10.1. The van der Waals surface area contributed by atoms with Gasteiger partial charge in [0.15, 0.2) is 5.82 Å². The lowest BCUT2D eigenvalue weighted by Crippen LogP contribution is -2.07. The van der Waals surface area contributed by atoms with Gasteiger partial charge in [-0.05, 0) is 19.4 Å². The standard InChI is InChI=1S/C11H15N5/c1-8-9(2)15-16-11(10(8)7-13)14-6-4-3-5-12/h3-4H,5-6,12H2,1-2H3,(H,14,16)/b4-3+. The minimum absolute atomic E-state index is 0.505. The van der Waals surface area contributed by atoms with E-state index < -0.39 is 0 Å². The van der Waals surface area contributed by atoms with Gasteiger partial charge in [-0.25, -0.2) is 0 Å². The van der Waals surface area contributed by atoms with Crippen molar-refractivity contribution in [2.45, 2.75) is 13.8 Å². The monoisotopic (exact) mass is 217 g/mol. The highest BCUT2D eigenvalue weighted by atomic mass is 15.2. The smallest absolute Gasteiger partial charge is 0.167 e. The third-order valence-electron chi connectivity index (χ3n) is 2.26. The lowest BCUT2D eigenvalue weighted by molar-refractivity contribution is 0.951. The van der Waals surface area contributed by atoms with E-state index in [-0.39, 0.29) is 0 Å². The van der Waals surface area contributed by atoms with Gasteiger partial charge in [0.25, 0.3) is 0 Å². The van der Waals surface area contributed by atoms with Crippen LogP contribution in [0.25, 0.3) is 0 Å². The molecule has 1 rings (SSSR count). The molecule has 3 N–H and O–H groups in total. The molecule has 5 heteroatoms. The fraction of sp³-hybridized carbons (Fsp3) is 0.364. The van der Waals surface area contributed by atoms with Gasteiger partial charge in [0.1, 0.15) is 11.6 Å². The summed E-state index contributed by atoms with van der Waals surface area (Å²) in [6.45, 7) is 4.79. The molecule has 84 valence electrons. The molecular formula is C11H15N5. The second-order valence-corrected chi connectivity index (χ2v) is 3.33. The maximum atomic E-state index is 9.03. The highest BCUT2D eigenvalue weighted by Gasteiger charge is 2.09. The van der Waals surface area contributed by atoms with Gasteiger partial charge in [-0.3, -0.25) is 0 Å². The minimum Gasteiger partial charge on any atom is -0.364 e. The van der Waals surface area contributed by atoms with Crippen LogP contribution in [0.4, 0.5) is 5.82 Å². The molecule has 1 aromatic rings. The number of anilines is 1. The Kier molecular flexibility index (Phi) is 4.42. The van der Waals surface area contributed by atoms with Crippen LogP contribution in [0.15, 0.2) is 12.2 Å². The van der Waals surface area contributed by atoms with E-state index in [1.54, 1.807) is 0 Å². The summed E-state index contributed by atoms with van der Waals surface area (Å²) in [5, 5.41) is 20.0. The Hall–Kier alpha value is -1.93. The maximum Gasteiger partial charge on any atom is 0.167 e. The van der Waals surface area contributed by atoms with E-state index in [4.69, 9.17) is 11.0 Å². The first kappa shape index (κ1) is 12.1. The van der Waals surface area contributed by atoms with E-state index in [9.17, 15) is 0 Å². The van der Waals surface area contributed by atoms with Gasteiger partial charge in [0.05, 0.1) is 5.69 Å². The average molecular weight is 217 g/mol. The number of hydrogen-bond donors (Lipinski definition) is 2. The molecule has 0 atom stereocenters. The van der Waals surface area contributed by atoms with Crippen LogP contribution in [0.5, 0.6) is 0 Å². The third kappa shape index (κ3) is 2.78. The number of nitriles is 1. The molecule has 1 heterocycles. The molecule has 0 radical (unpaired) electrons. The number of aryl methyl sites for hydroxylation is 1. The van der Waals surface area contributed by atoms with Crippen molar-refractivity contribution in [2.24, 2.45) is 5.73 Å². The number of aromatic nitrogens is 2.